The van der Waals surface area contributed by atoms with Gasteiger partial charge in [-0.3, -0.25) is 9.69 Å². The predicted molar refractivity (Wildman–Crippen MR) is 119 cm³/mol. The zero-order chi connectivity index (χ0) is 20.3. The molecule has 1 aliphatic heterocycles. The second kappa shape index (κ2) is 7.98. The highest BCUT2D eigenvalue weighted by atomic mass is 32.1. The third kappa shape index (κ3) is 4.49. The molecule has 1 aliphatic rings. The van der Waals surface area contributed by atoms with Crippen molar-refractivity contribution in [3.63, 3.8) is 0 Å². The molecule has 2 aromatic carbocycles. The Balaban J connectivity index is 1.81. The van der Waals surface area contributed by atoms with E-state index in [2.05, 4.69) is 25.2 Å². The molecular formula is C23H24N2O2S. The number of nitrogens with one attached hydrogen (secondary N) is 1. The molecule has 0 aromatic heterocycles. The smallest absolute Gasteiger partial charge is 0.185 e. The molecule has 0 spiro atoms. The summed E-state index contributed by atoms with van der Waals surface area (Å²) in [6.07, 6.45) is 5.51. The molecular weight excluding hydrogens is 368 g/mol. The Morgan fingerprint density at radius 3 is 2.54 bits per heavy atom. The van der Waals surface area contributed by atoms with Crippen molar-refractivity contribution in [2.75, 3.05) is 12.0 Å². The predicted octanol–water partition coefficient (Wildman–Crippen LogP) is 4.97. The molecule has 0 fully saturated rings. The number of methoxy groups -OCH3 is 1. The fourth-order valence-corrected chi connectivity index (χ4v) is 3.73. The number of thiocarbonyl (C=S) groups is 1. The summed E-state index contributed by atoms with van der Waals surface area (Å²) in [5.41, 5.74) is 3.26. The number of ketones is 1. The van der Waals surface area contributed by atoms with Gasteiger partial charge in [-0.1, -0.05) is 30.3 Å². The third-order valence-electron chi connectivity index (χ3n) is 4.49. The van der Waals surface area contributed by atoms with E-state index in [0.29, 0.717) is 10.7 Å². The molecule has 28 heavy (non-hydrogen) atoms. The van der Waals surface area contributed by atoms with Crippen molar-refractivity contribution >= 4 is 34.9 Å². The molecule has 0 unspecified atom stereocenters. The van der Waals surface area contributed by atoms with Gasteiger partial charge in [-0.25, -0.2) is 0 Å². The van der Waals surface area contributed by atoms with Crippen LogP contribution in [0.1, 0.15) is 36.7 Å². The van der Waals surface area contributed by atoms with Crippen LogP contribution in [0.3, 0.4) is 0 Å². The van der Waals surface area contributed by atoms with Gasteiger partial charge < -0.3 is 10.1 Å². The largest absolute Gasteiger partial charge is 0.497 e. The van der Waals surface area contributed by atoms with E-state index in [9.17, 15) is 4.79 Å². The highest BCUT2D eigenvalue weighted by Gasteiger charge is 2.27. The second-order valence-corrected chi connectivity index (χ2v) is 7.68. The van der Waals surface area contributed by atoms with Crippen LogP contribution in [0.25, 0.3) is 6.08 Å². The number of carbonyl (C=O) groups is 1. The van der Waals surface area contributed by atoms with Crippen LogP contribution in [0, 0.1) is 0 Å². The first-order valence-corrected chi connectivity index (χ1v) is 9.48. The average molecular weight is 393 g/mol. The number of hydrogen-bond donors (Lipinski definition) is 1. The van der Waals surface area contributed by atoms with Crippen LogP contribution in [0.15, 0.2) is 66.4 Å². The van der Waals surface area contributed by atoms with Crippen LogP contribution in [0.4, 0.5) is 5.69 Å². The van der Waals surface area contributed by atoms with E-state index in [-0.39, 0.29) is 11.3 Å². The van der Waals surface area contributed by atoms with E-state index in [4.69, 9.17) is 17.0 Å². The minimum absolute atomic E-state index is 0.0597. The molecule has 144 valence electrons. The molecule has 2 aromatic rings. The monoisotopic (exact) mass is 392 g/mol. The minimum atomic E-state index is -0.188. The fraction of sp³-hybridized carbons (Fsp3) is 0.217. The lowest BCUT2D eigenvalue weighted by molar-refractivity contribution is 0.104. The molecule has 0 atom stereocenters. The van der Waals surface area contributed by atoms with Gasteiger partial charge in [-0.05, 0) is 75.0 Å². The summed E-state index contributed by atoms with van der Waals surface area (Å²) in [6, 6.07) is 15.1. The molecule has 0 bridgehead atoms. The first-order valence-electron chi connectivity index (χ1n) is 9.07. The van der Waals surface area contributed by atoms with E-state index in [1.54, 1.807) is 19.3 Å². The van der Waals surface area contributed by atoms with Gasteiger partial charge in [0, 0.05) is 16.9 Å². The lowest BCUT2D eigenvalue weighted by Crippen LogP contribution is -2.53. The van der Waals surface area contributed by atoms with Crippen molar-refractivity contribution in [3.8, 4) is 5.75 Å². The van der Waals surface area contributed by atoms with Crippen molar-refractivity contribution in [1.82, 2.24) is 5.32 Å². The summed E-state index contributed by atoms with van der Waals surface area (Å²) in [4.78, 5) is 14.6. The van der Waals surface area contributed by atoms with Gasteiger partial charge in [-0.15, -0.1) is 0 Å². The number of hydrogen-bond acceptors (Lipinski definition) is 3. The number of ether oxygens (including phenoxy) is 1. The van der Waals surface area contributed by atoms with Gasteiger partial charge >= 0.3 is 0 Å². The second-order valence-electron chi connectivity index (χ2n) is 7.29. The molecule has 0 aliphatic carbocycles. The molecule has 5 heteroatoms. The Labute approximate surface area is 171 Å². The highest BCUT2D eigenvalue weighted by Crippen LogP contribution is 2.26. The van der Waals surface area contributed by atoms with E-state index < -0.39 is 0 Å². The SMILES string of the molecule is COc1ccc(C=CC(=O)c2cccc(N3C(=S)NC(C)(C)C=C3C)c2)cc1. The maximum atomic E-state index is 12.6. The number of anilines is 1. The number of nitrogens with zero attached hydrogens (tertiary/aromatic N) is 1. The maximum absolute atomic E-state index is 12.6. The van der Waals surface area contributed by atoms with Gasteiger partial charge in [0.2, 0.25) is 0 Å². The minimum Gasteiger partial charge on any atom is -0.497 e. The maximum Gasteiger partial charge on any atom is 0.185 e. The summed E-state index contributed by atoms with van der Waals surface area (Å²) < 4.78 is 5.15. The van der Waals surface area contributed by atoms with Crippen molar-refractivity contribution < 1.29 is 9.53 Å². The lowest BCUT2D eigenvalue weighted by atomic mass is 10.0. The number of allylic oxidation sites excluding steroid dienone is 2. The molecule has 0 saturated carbocycles. The van der Waals surface area contributed by atoms with Crippen LogP contribution in [0.2, 0.25) is 0 Å². The molecule has 1 heterocycles. The Hall–Kier alpha value is -2.92. The van der Waals surface area contributed by atoms with Crippen molar-refractivity contribution in [3.05, 3.63) is 77.5 Å². The lowest BCUT2D eigenvalue weighted by Gasteiger charge is -2.38. The Morgan fingerprint density at radius 2 is 1.89 bits per heavy atom. The van der Waals surface area contributed by atoms with Crippen molar-refractivity contribution in [1.29, 1.82) is 0 Å². The van der Waals surface area contributed by atoms with Crippen LogP contribution in [-0.4, -0.2) is 23.5 Å². The van der Waals surface area contributed by atoms with Crippen LogP contribution in [-0.2, 0) is 0 Å². The van der Waals surface area contributed by atoms with Gasteiger partial charge in [0.25, 0.3) is 0 Å². The van der Waals surface area contributed by atoms with Crippen molar-refractivity contribution in [2.24, 2.45) is 0 Å². The van der Waals surface area contributed by atoms with E-state index in [1.165, 1.54) is 0 Å². The Bertz CT molecular complexity index is 959. The molecule has 1 N–H and O–H groups in total. The Morgan fingerprint density at radius 1 is 1.18 bits per heavy atom. The first kappa shape index (κ1) is 19.8. The van der Waals surface area contributed by atoms with E-state index >= 15 is 0 Å². The summed E-state index contributed by atoms with van der Waals surface area (Å²) in [6.45, 7) is 6.17. The number of benzene rings is 2. The zero-order valence-corrected chi connectivity index (χ0v) is 17.3. The summed E-state index contributed by atoms with van der Waals surface area (Å²) in [7, 11) is 1.63. The summed E-state index contributed by atoms with van der Waals surface area (Å²) in [5.74, 6) is 0.726. The topological polar surface area (TPSA) is 41.6 Å². The van der Waals surface area contributed by atoms with Gasteiger partial charge in [0.15, 0.2) is 10.9 Å². The fourth-order valence-electron chi connectivity index (χ4n) is 3.22. The van der Waals surface area contributed by atoms with Gasteiger partial charge in [-0.2, -0.15) is 0 Å². The highest BCUT2D eigenvalue weighted by molar-refractivity contribution is 7.80. The van der Waals surface area contributed by atoms with Crippen molar-refractivity contribution in [2.45, 2.75) is 26.3 Å². The average Bonchev–Trinajstić information content (AvgIpc) is 2.65. The molecule has 0 saturated heterocycles. The molecule has 3 rings (SSSR count). The zero-order valence-electron chi connectivity index (χ0n) is 16.5. The van der Waals surface area contributed by atoms with Gasteiger partial charge in [0.1, 0.15) is 5.75 Å². The van der Waals surface area contributed by atoms with Gasteiger partial charge in [0.05, 0.1) is 12.6 Å². The van der Waals surface area contributed by atoms with Crippen LogP contribution < -0.4 is 15.0 Å². The van der Waals surface area contributed by atoms with E-state index in [1.807, 2.05) is 60.4 Å². The summed E-state index contributed by atoms with van der Waals surface area (Å²) >= 11 is 5.54. The van der Waals surface area contributed by atoms with Crippen LogP contribution in [0.5, 0.6) is 5.75 Å². The van der Waals surface area contributed by atoms with Crippen LogP contribution >= 0.6 is 12.2 Å². The van der Waals surface area contributed by atoms with E-state index in [0.717, 1.165) is 22.7 Å². The molecule has 4 nitrogen and oxygen atoms in total. The molecule has 0 amide bonds. The molecule has 0 radical (unpaired) electrons. The third-order valence-corrected chi connectivity index (χ3v) is 4.77. The normalized spacial score (nSPS) is 15.9. The standard InChI is InChI=1S/C23H24N2O2S/c1-16-15-23(2,3)24-22(28)25(16)19-7-5-6-18(14-19)21(26)13-10-17-8-11-20(27-4)12-9-17/h5-15H,1-4H3,(H,24,28). The quantitative estimate of drug-likeness (QED) is 0.442. The first-order chi connectivity index (χ1) is 13.3. The Kier molecular flexibility index (Phi) is 5.66. The number of rotatable bonds is 5. The number of carbonyl (C=O) groups excluding carboxylic acids is 1. The summed E-state index contributed by atoms with van der Waals surface area (Å²) in [5, 5.41) is 3.94.